The Bertz CT molecular complexity index is 1660. The van der Waals surface area contributed by atoms with E-state index in [1.807, 2.05) is 65.6 Å². The van der Waals surface area contributed by atoms with Crippen LogP contribution in [0, 0.1) is 0 Å². The number of nitrogens with one attached hydrogen (secondary N) is 1. The SMILES string of the molecule is NC(N)=NCCCC(NC(=O)[C@@H]1CCCN1C(=O)[C@@H](N)C(c1ccccc1)c1ccccc1)C(=O)CCC(=O)N1CCCCC1.O=C(O)C(F)(F)F.O=C(O)C(F)(F)F. The Morgan fingerprint density at radius 1 is 0.763 bits per heavy atom. The number of alkyl halides is 6. The van der Waals surface area contributed by atoms with Crippen molar-refractivity contribution >= 4 is 41.4 Å². The predicted octanol–water partition coefficient (Wildman–Crippen LogP) is 3.30. The summed E-state index contributed by atoms with van der Waals surface area (Å²) in [5, 5.41) is 17.2. The number of hydrogen-bond acceptors (Lipinski definition) is 8. The number of aliphatic imine (C=N–C) groups is 1. The third kappa shape index (κ3) is 17.0. The van der Waals surface area contributed by atoms with E-state index >= 15 is 0 Å². The zero-order valence-corrected chi connectivity index (χ0v) is 32.0. The van der Waals surface area contributed by atoms with Crippen molar-refractivity contribution in [3.63, 3.8) is 0 Å². The van der Waals surface area contributed by atoms with Crippen molar-refractivity contribution < 1.29 is 65.3 Å². The number of piperidine rings is 1. The van der Waals surface area contributed by atoms with Crippen molar-refractivity contribution in [2.45, 2.75) is 94.2 Å². The van der Waals surface area contributed by atoms with Crippen LogP contribution in [0.4, 0.5) is 26.3 Å². The van der Waals surface area contributed by atoms with Gasteiger partial charge in [0.15, 0.2) is 11.7 Å². The number of ketones is 1. The van der Waals surface area contributed by atoms with Gasteiger partial charge in [0, 0.05) is 44.9 Å². The molecule has 2 aromatic rings. The average molecular weight is 846 g/mol. The Hall–Kier alpha value is -5.73. The third-order valence-electron chi connectivity index (χ3n) is 9.23. The summed E-state index contributed by atoms with van der Waals surface area (Å²) in [6, 6.07) is 16.8. The number of amides is 3. The standard InChI is InChI=1S/C34H47N7O4.2C2HF3O2/c35-31(30(24-12-4-1-5-13-24)25-14-6-2-7-15-25)33(45)41-23-11-17-27(41)32(44)39-26(16-10-20-38-34(36)37)28(42)18-19-29(43)40-21-8-3-9-22-40;2*3-2(4,5)1(6)7/h1-2,4-7,12-15,26-27,30-31H,3,8-11,16-23,35H2,(H,39,44)(H4,36,37,38);2*(H,6,7)/t26?,27-,31-;;/m0../s1. The second-order valence-electron chi connectivity index (χ2n) is 13.5. The molecular weight excluding hydrogens is 796 g/mol. The number of hydrogen-bond donors (Lipinski definition) is 6. The summed E-state index contributed by atoms with van der Waals surface area (Å²) >= 11 is 0. The Morgan fingerprint density at radius 2 is 1.25 bits per heavy atom. The van der Waals surface area contributed by atoms with Crippen molar-refractivity contribution in [2.75, 3.05) is 26.2 Å². The molecule has 1 unspecified atom stereocenters. The highest BCUT2D eigenvalue weighted by Crippen LogP contribution is 2.30. The van der Waals surface area contributed by atoms with Crippen LogP contribution in [0.15, 0.2) is 65.7 Å². The zero-order valence-electron chi connectivity index (χ0n) is 32.0. The van der Waals surface area contributed by atoms with Crippen LogP contribution in [-0.4, -0.2) is 118 Å². The van der Waals surface area contributed by atoms with E-state index in [9.17, 15) is 45.5 Å². The van der Waals surface area contributed by atoms with E-state index in [1.165, 1.54) is 0 Å². The summed E-state index contributed by atoms with van der Waals surface area (Å²) < 4.78 is 63.5. The number of halogens is 6. The van der Waals surface area contributed by atoms with Crippen LogP contribution in [0.1, 0.15) is 74.8 Å². The van der Waals surface area contributed by atoms with Gasteiger partial charge >= 0.3 is 24.3 Å². The molecule has 59 heavy (non-hydrogen) atoms. The molecule has 2 aliphatic rings. The molecule has 2 aromatic carbocycles. The lowest BCUT2D eigenvalue weighted by Crippen LogP contribution is -2.55. The molecule has 0 saturated carbocycles. The summed E-state index contributed by atoms with van der Waals surface area (Å²) in [6.07, 6.45) is -5.11. The lowest BCUT2D eigenvalue weighted by molar-refractivity contribution is -0.193. The zero-order chi connectivity index (χ0) is 44.3. The van der Waals surface area contributed by atoms with Crippen molar-refractivity contribution in [3.8, 4) is 0 Å². The van der Waals surface area contributed by atoms with Gasteiger partial charge < -0.3 is 42.5 Å². The highest BCUT2D eigenvalue weighted by atomic mass is 19.4. The van der Waals surface area contributed by atoms with E-state index in [0.29, 0.717) is 38.8 Å². The molecule has 2 aliphatic heterocycles. The van der Waals surface area contributed by atoms with Gasteiger partial charge in [-0.1, -0.05) is 60.7 Å². The van der Waals surface area contributed by atoms with Crippen molar-refractivity contribution in [3.05, 3.63) is 71.8 Å². The molecule has 21 heteroatoms. The highest BCUT2D eigenvalue weighted by molar-refractivity contribution is 5.95. The quantitative estimate of drug-likeness (QED) is 0.0697. The molecule has 0 aromatic heterocycles. The van der Waals surface area contributed by atoms with E-state index in [1.54, 1.807) is 4.90 Å². The fourth-order valence-electron chi connectivity index (χ4n) is 6.36. The molecule has 3 amide bonds. The van der Waals surface area contributed by atoms with Crippen LogP contribution in [-0.2, 0) is 28.8 Å². The van der Waals surface area contributed by atoms with Crippen molar-refractivity contribution in [1.82, 2.24) is 15.1 Å². The van der Waals surface area contributed by atoms with Crippen LogP contribution < -0.4 is 22.5 Å². The molecule has 0 spiro atoms. The maximum Gasteiger partial charge on any atom is 0.490 e. The minimum atomic E-state index is -5.08. The van der Waals surface area contributed by atoms with Gasteiger partial charge in [0.2, 0.25) is 17.7 Å². The van der Waals surface area contributed by atoms with Crippen LogP contribution >= 0.6 is 0 Å². The Balaban J connectivity index is 0.000000732. The van der Waals surface area contributed by atoms with E-state index in [0.717, 1.165) is 43.5 Å². The maximum absolute atomic E-state index is 13.9. The summed E-state index contributed by atoms with van der Waals surface area (Å²) in [6.45, 7) is 2.13. The Kier molecular flexibility index (Phi) is 19.8. The molecule has 9 N–H and O–H groups in total. The molecule has 2 saturated heterocycles. The van der Waals surface area contributed by atoms with Gasteiger partial charge in [0.1, 0.15) is 6.04 Å². The lowest BCUT2D eigenvalue weighted by Gasteiger charge is -2.31. The molecule has 2 heterocycles. The molecular formula is C38H49F6N7O8. The number of guanidine groups is 1. The minimum absolute atomic E-state index is 0.0244. The number of nitrogens with two attached hydrogens (primary N) is 3. The predicted molar refractivity (Wildman–Crippen MR) is 201 cm³/mol. The van der Waals surface area contributed by atoms with E-state index in [2.05, 4.69) is 10.3 Å². The average Bonchev–Trinajstić information content (AvgIpc) is 3.69. The summed E-state index contributed by atoms with van der Waals surface area (Å²) in [7, 11) is 0. The van der Waals surface area contributed by atoms with Gasteiger partial charge in [0.05, 0.1) is 12.1 Å². The number of carbonyl (C=O) groups excluding carboxylic acids is 4. The Labute approximate surface area is 336 Å². The summed E-state index contributed by atoms with van der Waals surface area (Å²) in [5.74, 6) is -6.93. The number of carboxylic acid groups (broad SMARTS) is 2. The fourth-order valence-corrected chi connectivity index (χ4v) is 6.36. The number of rotatable bonds is 14. The molecule has 4 rings (SSSR count). The first-order valence-corrected chi connectivity index (χ1v) is 18.6. The number of Topliss-reactive ketones (excluding diaryl/α,β-unsaturated/α-hetero) is 1. The maximum atomic E-state index is 13.9. The van der Waals surface area contributed by atoms with Gasteiger partial charge in [-0.15, -0.1) is 0 Å². The molecule has 0 aliphatic carbocycles. The second-order valence-corrected chi connectivity index (χ2v) is 13.5. The number of carbonyl (C=O) groups is 6. The van der Waals surface area contributed by atoms with E-state index in [4.69, 9.17) is 37.0 Å². The topological polar surface area (TPSA) is 252 Å². The number of carboxylic acids is 2. The molecule has 326 valence electrons. The first-order chi connectivity index (χ1) is 27.6. The molecule has 0 bridgehead atoms. The molecule has 0 radical (unpaired) electrons. The van der Waals surface area contributed by atoms with Gasteiger partial charge in [0.25, 0.3) is 0 Å². The van der Waals surface area contributed by atoms with Gasteiger partial charge in [-0.2, -0.15) is 26.3 Å². The summed E-state index contributed by atoms with van der Waals surface area (Å²) in [4.78, 5) is 78.9. The second kappa shape index (κ2) is 23.6. The monoisotopic (exact) mass is 845 g/mol. The normalized spacial score (nSPS) is 16.3. The van der Waals surface area contributed by atoms with Crippen LogP contribution in [0.2, 0.25) is 0 Å². The van der Waals surface area contributed by atoms with Gasteiger partial charge in [-0.05, 0) is 56.1 Å². The van der Waals surface area contributed by atoms with Crippen LogP contribution in [0.3, 0.4) is 0 Å². The number of nitrogens with zero attached hydrogens (tertiary/aromatic N) is 3. The minimum Gasteiger partial charge on any atom is -0.475 e. The first kappa shape index (κ1) is 49.4. The van der Waals surface area contributed by atoms with Crippen LogP contribution in [0.5, 0.6) is 0 Å². The first-order valence-electron chi connectivity index (χ1n) is 18.6. The number of benzene rings is 2. The highest BCUT2D eigenvalue weighted by Gasteiger charge is 2.41. The Morgan fingerprint density at radius 3 is 1.71 bits per heavy atom. The molecule has 15 nitrogen and oxygen atoms in total. The fraction of sp³-hybridized carbons (Fsp3) is 0.500. The van der Waals surface area contributed by atoms with E-state index in [-0.39, 0.29) is 36.4 Å². The van der Waals surface area contributed by atoms with E-state index < -0.39 is 54.2 Å². The van der Waals surface area contributed by atoms with Crippen molar-refractivity contribution in [1.29, 1.82) is 0 Å². The van der Waals surface area contributed by atoms with Crippen LogP contribution in [0.25, 0.3) is 0 Å². The third-order valence-corrected chi connectivity index (χ3v) is 9.23. The lowest BCUT2D eigenvalue weighted by atomic mass is 9.84. The summed E-state index contributed by atoms with van der Waals surface area (Å²) in [5.41, 5.74) is 19.4. The van der Waals surface area contributed by atoms with Gasteiger partial charge in [-0.25, -0.2) is 9.59 Å². The number of aliphatic carboxylic acids is 2. The molecule has 2 fully saturated rings. The number of likely N-dealkylation sites (tertiary alicyclic amines) is 2. The van der Waals surface area contributed by atoms with Gasteiger partial charge in [-0.3, -0.25) is 24.2 Å². The largest absolute Gasteiger partial charge is 0.490 e. The molecule has 3 atom stereocenters. The smallest absolute Gasteiger partial charge is 0.475 e. The van der Waals surface area contributed by atoms with Crippen molar-refractivity contribution in [2.24, 2.45) is 22.2 Å².